The van der Waals surface area contributed by atoms with Crippen LogP contribution in [0.25, 0.3) is 11.4 Å². The maximum atomic E-state index is 5.55. The summed E-state index contributed by atoms with van der Waals surface area (Å²) >= 11 is 0. The maximum absolute atomic E-state index is 5.55. The van der Waals surface area contributed by atoms with Crippen LogP contribution in [0.3, 0.4) is 0 Å². The fourth-order valence-corrected chi connectivity index (χ4v) is 2.99. The number of nitrogens with zero attached hydrogens (tertiary/aromatic N) is 2. The van der Waals surface area contributed by atoms with Gasteiger partial charge < -0.3 is 4.52 Å². The third-order valence-corrected chi connectivity index (χ3v) is 4.18. The zero-order chi connectivity index (χ0) is 15.6. The number of aromatic nitrogens is 2. The molecule has 1 fully saturated rings. The van der Waals surface area contributed by atoms with E-state index in [1.165, 1.54) is 11.1 Å². The van der Waals surface area contributed by atoms with Crippen molar-refractivity contribution in [1.29, 1.82) is 0 Å². The molecule has 2 heterocycles. The van der Waals surface area contributed by atoms with Gasteiger partial charge in [0.15, 0.2) is 0 Å². The molecule has 1 aromatic heterocycles. The van der Waals surface area contributed by atoms with E-state index in [-0.39, 0.29) is 12.0 Å². The molecule has 2 unspecified atom stereocenters. The van der Waals surface area contributed by atoms with E-state index in [4.69, 9.17) is 4.52 Å². The molecule has 1 aliphatic rings. The lowest BCUT2D eigenvalue weighted by Crippen LogP contribution is -2.24. The summed E-state index contributed by atoms with van der Waals surface area (Å²) in [5.41, 5.74) is 9.87. The molecule has 2 atom stereocenters. The molecule has 0 spiro atoms. The Balaban J connectivity index is 1.63. The molecule has 1 aliphatic heterocycles. The first-order chi connectivity index (χ1) is 11.3. The number of aryl methyl sites for hydroxylation is 1. The van der Waals surface area contributed by atoms with Crippen molar-refractivity contribution < 1.29 is 4.52 Å². The second-order valence-corrected chi connectivity index (χ2v) is 5.85. The van der Waals surface area contributed by atoms with Crippen LogP contribution < -0.4 is 10.9 Å². The van der Waals surface area contributed by atoms with Gasteiger partial charge in [0.05, 0.1) is 12.0 Å². The van der Waals surface area contributed by atoms with Crippen molar-refractivity contribution in [2.75, 3.05) is 6.54 Å². The molecule has 0 saturated carbocycles. The fourth-order valence-electron chi connectivity index (χ4n) is 2.99. The minimum absolute atomic E-state index is 0.114. The molecule has 2 aromatic carbocycles. The van der Waals surface area contributed by atoms with Crippen LogP contribution in [-0.4, -0.2) is 16.7 Å². The predicted molar refractivity (Wildman–Crippen MR) is 87.5 cm³/mol. The standard InChI is InChI=1S/C18H18N4O/c1-12-6-5-9-14(10-12)17-20-18(23-22-17)15-11-19-21-16(15)13-7-3-2-4-8-13/h2-10,15-16,19,21H,11H2,1H3. The Morgan fingerprint density at radius 3 is 2.78 bits per heavy atom. The Kier molecular flexibility index (Phi) is 3.65. The minimum atomic E-state index is 0.114. The molecule has 0 radical (unpaired) electrons. The van der Waals surface area contributed by atoms with Crippen LogP contribution in [0.2, 0.25) is 0 Å². The number of hydrazine groups is 1. The summed E-state index contributed by atoms with van der Waals surface area (Å²) in [5, 5.41) is 4.16. The van der Waals surface area contributed by atoms with Crippen molar-refractivity contribution in [3.63, 3.8) is 0 Å². The SMILES string of the molecule is Cc1cccc(-c2noc(C3CNNC3c3ccccc3)n2)c1. The monoisotopic (exact) mass is 306 g/mol. The van der Waals surface area contributed by atoms with Crippen molar-refractivity contribution in [2.45, 2.75) is 18.9 Å². The van der Waals surface area contributed by atoms with E-state index < -0.39 is 0 Å². The average molecular weight is 306 g/mol. The van der Waals surface area contributed by atoms with Gasteiger partial charge in [0.2, 0.25) is 11.7 Å². The first-order valence-electron chi connectivity index (χ1n) is 7.75. The lowest BCUT2D eigenvalue weighted by atomic mass is 9.95. The van der Waals surface area contributed by atoms with Gasteiger partial charge in [-0.1, -0.05) is 59.3 Å². The highest BCUT2D eigenvalue weighted by atomic mass is 16.5. The topological polar surface area (TPSA) is 63.0 Å². The molecule has 23 heavy (non-hydrogen) atoms. The lowest BCUT2D eigenvalue weighted by Gasteiger charge is -2.15. The Bertz CT molecular complexity index is 800. The number of rotatable bonds is 3. The summed E-state index contributed by atoms with van der Waals surface area (Å²) in [6, 6.07) is 18.6. The second kappa shape index (κ2) is 5.95. The predicted octanol–water partition coefficient (Wildman–Crippen LogP) is 2.98. The van der Waals surface area contributed by atoms with Gasteiger partial charge in [-0.05, 0) is 18.6 Å². The number of hydrogen-bond acceptors (Lipinski definition) is 5. The van der Waals surface area contributed by atoms with Crippen LogP contribution in [0, 0.1) is 6.92 Å². The molecular formula is C18H18N4O. The molecule has 3 aromatic rings. The Labute approximate surface area is 134 Å². The van der Waals surface area contributed by atoms with E-state index in [1.807, 2.05) is 30.3 Å². The van der Waals surface area contributed by atoms with Crippen LogP contribution in [0.15, 0.2) is 59.1 Å². The molecule has 4 rings (SSSR count). The van der Waals surface area contributed by atoms with Crippen LogP contribution >= 0.6 is 0 Å². The van der Waals surface area contributed by atoms with Gasteiger partial charge in [-0.3, -0.25) is 5.43 Å². The van der Waals surface area contributed by atoms with Gasteiger partial charge in [-0.15, -0.1) is 0 Å². The Morgan fingerprint density at radius 2 is 1.96 bits per heavy atom. The van der Waals surface area contributed by atoms with Crippen molar-refractivity contribution in [2.24, 2.45) is 0 Å². The summed E-state index contributed by atoms with van der Waals surface area (Å²) in [5.74, 6) is 1.42. The molecular weight excluding hydrogens is 288 g/mol. The fraction of sp³-hybridized carbons (Fsp3) is 0.222. The smallest absolute Gasteiger partial charge is 0.233 e. The highest BCUT2D eigenvalue weighted by molar-refractivity contribution is 5.55. The number of nitrogens with one attached hydrogen (secondary N) is 2. The van der Waals surface area contributed by atoms with Crippen molar-refractivity contribution in [3.05, 3.63) is 71.6 Å². The van der Waals surface area contributed by atoms with Crippen LogP contribution in [-0.2, 0) is 0 Å². The van der Waals surface area contributed by atoms with Crippen molar-refractivity contribution in [1.82, 2.24) is 21.0 Å². The third-order valence-electron chi connectivity index (χ3n) is 4.18. The van der Waals surface area contributed by atoms with Gasteiger partial charge in [0, 0.05) is 12.1 Å². The van der Waals surface area contributed by atoms with Gasteiger partial charge in [0.1, 0.15) is 0 Å². The molecule has 116 valence electrons. The van der Waals surface area contributed by atoms with E-state index >= 15 is 0 Å². The Hall–Kier alpha value is -2.50. The summed E-state index contributed by atoms with van der Waals surface area (Å²) in [7, 11) is 0. The highest BCUT2D eigenvalue weighted by Crippen LogP contribution is 2.33. The minimum Gasteiger partial charge on any atom is -0.339 e. The molecule has 0 bridgehead atoms. The summed E-state index contributed by atoms with van der Waals surface area (Å²) < 4.78 is 5.55. The largest absolute Gasteiger partial charge is 0.339 e. The molecule has 5 nitrogen and oxygen atoms in total. The van der Waals surface area contributed by atoms with Crippen LogP contribution in [0.5, 0.6) is 0 Å². The average Bonchev–Trinajstić information content (AvgIpc) is 3.25. The zero-order valence-electron chi connectivity index (χ0n) is 12.9. The van der Waals surface area contributed by atoms with Gasteiger partial charge in [0.25, 0.3) is 0 Å². The van der Waals surface area contributed by atoms with Gasteiger partial charge in [-0.2, -0.15) is 4.98 Å². The Morgan fingerprint density at radius 1 is 1.09 bits per heavy atom. The summed E-state index contributed by atoms with van der Waals surface area (Å²) in [6.07, 6.45) is 0. The van der Waals surface area contributed by atoms with Crippen LogP contribution in [0.1, 0.15) is 29.0 Å². The van der Waals surface area contributed by atoms with Gasteiger partial charge in [-0.25, -0.2) is 5.43 Å². The lowest BCUT2D eigenvalue weighted by molar-refractivity contribution is 0.347. The highest BCUT2D eigenvalue weighted by Gasteiger charge is 2.33. The van der Waals surface area contributed by atoms with Crippen molar-refractivity contribution in [3.8, 4) is 11.4 Å². The van der Waals surface area contributed by atoms with E-state index in [0.717, 1.165) is 12.1 Å². The normalized spacial score (nSPS) is 20.7. The maximum Gasteiger partial charge on any atom is 0.233 e. The first-order valence-corrected chi connectivity index (χ1v) is 7.75. The number of benzene rings is 2. The molecule has 0 amide bonds. The van der Waals surface area contributed by atoms with E-state index in [0.29, 0.717) is 11.7 Å². The number of hydrogen-bond donors (Lipinski definition) is 2. The molecule has 0 aliphatic carbocycles. The third kappa shape index (κ3) is 2.76. The van der Waals surface area contributed by atoms with E-state index in [9.17, 15) is 0 Å². The molecule has 1 saturated heterocycles. The van der Waals surface area contributed by atoms with Crippen LogP contribution in [0.4, 0.5) is 0 Å². The van der Waals surface area contributed by atoms with E-state index in [2.05, 4.69) is 52.2 Å². The van der Waals surface area contributed by atoms with Crippen molar-refractivity contribution >= 4 is 0 Å². The first kappa shape index (κ1) is 14.1. The summed E-state index contributed by atoms with van der Waals surface area (Å²) in [6.45, 7) is 2.82. The van der Waals surface area contributed by atoms with E-state index in [1.54, 1.807) is 0 Å². The molecule has 5 heteroatoms. The molecule has 2 N–H and O–H groups in total. The summed E-state index contributed by atoms with van der Waals surface area (Å²) in [4.78, 5) is 4.62. The quantitative estimate of drug-likeness (QED) is 0.779. The second-order valence-electron chi connectivity index (χ2n) is 5.85. The zero-order valence-corrected chi connectivity index (χ0v) is 12.9. The van der Waals surface area contributed by atoms with Gasteiger partial charge >= 0.3 is 0 Å².